The van der Waals surface area contributed by atoms with E-state index in [1.807, 2.05) is 36.4 Å². The van der Waals surface area contributed by atoms with E-state index in [9.17, 15) is 4.79 Å². The van der Waals surface area contributed by atoms with Crippen LogP contribution in [0, 0.1) is 5.92 Å². The molecule has 1 saturated heterocycles. The van der Waals surface area contributed by atoms with Gasteiger partial charge in [-0.3, -0.25) is 14.7 Å². The normalized spacial score (nSPS) is 17.2. The number of carbonyl (C=O) groups is 1. The first kappa shape index (κ1) is 19.7. The van der Waals surface area contributed by atoms with Crippen molar-refractivity contribution < 1.29 is 9.32 Å². The van der Waals surface area contributed by atoms with E-state index < -0.39 is 0 Å². The predicted octanol–water partition coefficient (Wildman–Crippen LogP) is 3.42. The Balaban J connectivity index is 1.32. The van der Waals surface area contributed by atoms with Gasteiger partial charge in [0.1, 0.15) is 0 Å². The Morgan fingerprint density at radius 3 is 2.93 bits per heavy atom. The molecule has 0 spiro atoms. The largest absolute Gasteiger partial charge is 0.352 e. The molecule has 1 aliphatic rings. The van der Waals surface area contributed by atoms with Crippen LogP contribution in [0.1, 0.15) is 24.3 Å². The molecule has 3 aromatic rings. The molecule has 0 bridgehead atoms. The molecule has 1 N–H and O–H groups in total. The summed E-state index contributed by atoms with van der Waals surface area (Å²) in [5, 5.41) is 7.11. The number of benzene rings is 1. The molecule has 150 valence electrons. The van der Waals surface area contributed by atoms with E-state index in [0.717, 1.165) is 35.0 Å². The highest BCUT2D eigenvalue weighted by Gasteiger charge is 2.26. The molecule has 0 saturated carbocycles. The molecular weight excluding hydrogens is 434 g/mol. The minimum Gasteiger partial charge on any atom is -0.352 e. The SMILES string of the molecule is O=C(NCc1cccnc1)C1CCCN(Cc2nc(-c3ccc(Br)cc3)no2)C1. The Hall–Kier alpha value is -2.58. The van der Waals surface area contributed by atoms with Gasteiger partial charge in [-0.2, -0.15) is 4.98 Å². The van der Waals surface area contributed by atoms with Gasteiger partial charge in [-0.1, -0.05) is 27.2 Å². The third kappa shape index (κ3) is 5.27. The zero-order valence-electron chi connectivity index (χ0n) is 15.9. The second-order valence-corrected chi connectivity index (χ2v) is 8.09. The summed E-state index contributed by atoms with van der Waals surface area (Å²) in [5.41, 5.74) is 1.91. The third-order valence-electron chi connectivity index (χ3n) is 5.00. The monoisotopic (exact) mass is 455 g/mol. The molecule has 1 amide bonds. The van der Waals surface area contributed by atoms with Gasteiger partial charge >= 0.3 is 0 Å². The van der Waals surface area contributed by atoms with E-state index in [2.05, 4.69) is 41.3 Å². The van der Waals surface area contributed by atoms with Crippen molar-refractivity contribution in [1.29, 1.82) is 0 Å². The van der Waals surface area contributed by atoms with Gasteiger partial charge < -0.3 is 9.84 Å². The van der Waals surface area contributed by atoms with E-state index in [4.69, 9.17) is 4.52 Å². The molecule has 1 aliphatic heterocycles. The lowest BCUT2D eigenvalue weighted by molar-refractivity contribution is -0.127. The van der Waals surface area contributed by atoms with Crippen LogP contribution in [0.2, 0.25) is 0 Å². The number of nitrogens with zero attached hydrogens (tertiary/aromatic N) is 4. The molecule has 7 nitrogen and oxygen atoms in total. The molecule has 2 aromatic heterocycles. The quantitative estimate of drug-likeness (QED) is 0.612. The van der Waals surface area contributed by atoms with E-state index >= 15 is 0 Å². The fourth-order valence-electron chi connectivity index (χ4n) is 3.48. The summed E-state index contributed by atoms with van der Waals surface area (Å²) < 4.78 is 6.44. The Bertz CT molecular complexity index is 945. The lowest BCUT2D eigenvalue weighted by Gasteiger charge is -2.30. The van der Waals surface area contributed by atoms with Crippen molar-refractivity contribution in [2.45, 2.75) is 25.9 Å². The molecule has 0 aliphatic carbocycles. The van der Waals surface area contributed by atoms with Gasteiger partial charge in [0.2, 0.25) is 17.6 Å². The average molecular weight is 456 g/mol. The van der Waals surface area contributed by atoms with Crippen LogP contribution in [0.25, 0.3) is 11.4 Å². The number of aromatic nitrogens is 3. The molecule has 4 rings (SSSR count). The van der Waals surface area contributed by atoms with Gasteiger partial charge in [0.25, 0.3) is 0 Å². The first-order valence-corrected chi connectivity index (χ1v) is 10.4. The second kappa shape index (κ2) is 9.28. The van der Waals surface area contributed by atoms with Crippen LogP contribution in [-0.2, 0) is 17.9 Å². The Morgan fingerprint density at radius 2 is 2.14 bits per heavy atom. The fourth-order valence-corrected chi connectivity index (χ4v) is 3.74. The number of hydrogen-bond acceptors (Lipinski definition) is 6. The number of halogens is 1. The highest BCUT2D eigenvalue weighted by molar-refractivity contribution is 9.10. The number of nitrogens with one attached hydrogen (secondary N) is 1. The maximum Gasteiger partial charge on any atom is 0.241 e. The Kier molecular flexibility index (Phi) is 6.31. The average Bonchev–Trinajstić information content (AvgIpc) is 3.22. The number of piperidine rings is 1. The molecule has 0 radical (unpaired) electrons. The predicted molar refractivity (Wildman–Crippen MR) is 112 cm³/mol. The van der Waals surface area contributed by atoms with Crippen molar-refractivity contribution in [3.05, 3.63) is 64.7 Å². The summed E-state index contributed by atoms with van der Waals surface area (Å²) in [6.45, 7) is 2.66. The van der Waals surface area contributed by atoms with Crippen LogP contribution in [0.15, 0.2) is 57.8 Å². The van der Waals surface area contributed by atoms with Crippen LogP contribution in [0.4, 0.5) is 0 Å². The first-order chi connectivity index (χ1) is 14.2. The van der Waals surface area contributed by atoms with Gasteiger partial charge in [0, 0.05) is 35.5 Å². The summed E-state index contributed by atoms with van der Waals surface area (Å²) in [4.78, 5) is 23.4. The third-order valence-corrected chi connectivity index (χ3v) is 5.52. The topological polar surface area (TPSA) is 84.2 Å². The van der Waals surface area contributed by atoms with Gasteiger partial charge in [-0.05, 0) is 55.3 Å². The molecule has 1 aromatic carbocycles. The Labute approximate surface area is 177 Å². The summed E-state index contributed by atoms with van der Waals surface area (Å²) in [6, 6.07) is 11.6. The van der Waals surface area contributed by atoms with Gasteiger partial charge in [0.15, 0.2) is 0 Å². The minimum absolute atomic E-state index is 0.0331. The maximum atomic E-state index is 12.6. The smallest absolute Gasteiger partial charge is 0.241 e. The number of rotatable bonds is 6. The Morgan fingerprint density at radius 1 is 1.28 bits per heavy atom. The molecule has 1 unspecified atom stereocenters. The second-order valence-electron chi connectivity index (χ2n) is 7.17. The van der Waals surface area contributed by atoms with E-state index in [1.54, 1.807) is 12.4 Å². The molecule has 3 heterocycles. The van der Waals surface area contributed by atoms with Gasteiger partial charge in [-0.25, -0.2) is 0 Å². The molecule has 1 atom stereocenters. The highest BCUT2D eigenvalue weighted by atomic mass is 79.9. The van der Waals surface area contributed by atoms with E-state index in [-0.39, 0.29) is 11.8 Å². The number of hydrogen-bond donors (Lipinski definition) is 1. The number of likely N-dealkylation sites (tertiary alicyclic amines) is 1. The first-order valence-electron chi connectivity index (χ1n) is 9.65. The van der Waals surface area contributed by atoms with Crippen molar-refractivity contribution in [2.24, 2.45) is 5.92 Å². The van der Waals surface area contributed by atoms with Crippen LogP contribution in [0.3, 0.4) is 0 Å². The van der Waals surface area contributed by atoms with Crippen LogP contribution >= 0.6 is 15.9 Å². The van der Waals surface area contributed by atoms with Crippen molar-refractivity contribution >= 4 is 21.8 Å². The molecule has 29 heavy (non-hydrogen) atoms. The summed E-state index contributed by atoms with van der Waals surface area (Å²) in [6.07, 6.45) is 5.36. The summed E-state index contributed by atoms with van der Waals surface area (Å²) in [7, 11) is 0. The zero-order chi connectivity index (χ0) is 20.1. The maximum absolute atomic E-state index is 12.6. The van der Waals surface area contributed by atoms with Gasteiger partial charge in [-0.15, -0.1) is 0 Å². The van der Waals surface area contributed by atoms with Crippen molar-refractivity contribution in [3.63, 3.8) is 0 Å². The van der Waals surface area contributed by atoms with Crippen LogP contribution in [0.5, 0.6) is 0 Å². The highest BCUT2D eigenvalue weighted by Crippen LogP contribution is 2.21. The van der Waals surface area contributed by atoms with Gasteiger partial charge in [0.05, 0.1) is 12.5 Å². The van der Waals surface area contributed by atoms with E-state index in [1.165, 1.54) is 0 Å². The standard InChI is InChI=1S/C21H22BrN5O2/c22-18-7-5-16(6-8-18)20-25-19(29-26-20)14-27-10-2-4-17(13-27)21(28)24-12-15-3-1-9-23-11-15/h1,3,5-9,11,17H,2,4,10,12-14H2,(H,24,28). The molecular formula is C21H22BrN5O2. The molecule has 1 fully saturated rings. The zero-order valence-corrected chi connectivity index (χ0v) is 17.5. The van der Waals surface area contributed by atoms with Crippen molar-refractivity contribution in [1.82, 2.24) is 25.3 Å². The van der Waals surface area contributed by atoms with E-state index in [0.29, 0.717) is 31.3 Å². The van der Waals surface area contributed by atoms with Crippen molar-refractivity contribution in [3.8, 4) is 11.4 Å². The summed E-state index contributed by atoms with van der Waals surface area (Å²) in [5.74, 6) is 1.20. The lowest BCUT2D eigenvalue weighted by atomic mass is 9.97. The minimum atomic E-state index is -0.0331. The van der Waals surface area contributed by atoms with Crippen LogP contribution < -0.4 is 5.32 Å². The number of carbonyl (C=O) groups excluding carboxylic acids is 1. The number of amides is 1. The van der Waals surface area contributed by atoms with Crippen LogP contribution in [-0.4, -0.2) is 39.0 Å². The molecule has 8 heteroatoms. The lowest BCUT2D eigenvalue weighted by Crippen LogP contribution is -2.42. The summed E-state index contributed by atoms with van der Waals surface area (Å²) >= 11 is 3.42. The fraction of sp³-hybridized carbons (Fsp3) is 0.333. The van der Waals surface area contributed by atoms with Crippen molar-refractivity contribution in [2.75, 3.05) is 13.1 Å². The number of pyridine rings is 1.